The van der Waals surface area contributed by atoms with Gasteiger partial charge in [0.15, 0.2) is 5.75 Å². The fraction of sp³-hybridized carbons (Fsp3) is 0.118. The number of hydrogen-bond acceptors (Lipinski definition) is 7. The normalized spacial score (nSPS) is 10.5. The minimum absolute atomic E-state index is 0.0243. The van der Waals surface area contributed by atoms with Crippen LogP contribution in [0.2, 0.25) is 0 Å². The number of methoxy groups -OCH3 is 1. The number of carbonyl (C=O) groups is 2. The van der Waals surface area contributed by atoms with Crippen LogP contribution in [0, 0.1) is 15.9 Å². The Kier molecular flexibility index (Phi) is 6.58. The molecule has 3 N–H and O–H groups in total. The lowest BCUT2D eigenvalue weighted by Gasteiger charge is -2.06. The van der Waals surface area contributed by atoms with Crippen LogP contribution in [0.5, 0.6) is 11.5 Å². The molecule has 0 aromatic heterocycles. The van der Waals surface area contributed by atoms with Crippen molar-refractivity contribution in [1.29, 1.82) is 0 Å². The van der Waals surface area contributed by atoms with Gasteiger partial charge in [0.05, 0.1) is 30.4 Å². The lowest BCUT2D eigenvalue weighted by Crippen LogP contribution is -2.34. The highest BCUT2D eigenvalue weighted by Gasteiger charge is 2.23. The highest BCUT2D eigenvalue weighted by Crippen LogP contribution is 2.37. The van der Waals surface area contributed by atoms with E-state index in [0.29, 0.717) is 0 Å². The van der Waals surface area contributed by atoms with E-state index in [1.165, 1.54) is 30.3 Å². The second-order valence-electron chi connectivity index (χ2n) is 5.30. The summed E-state index contributed by atoms with van der Waals surface area (Å²) in [7, 11) is 1.16. The number of hydrazone groups is 1. The molecule has 0 aliphatic carbocycles. The molecule has 0 fully saturated rings. The lowest BCUT2D eigenvalue weighted by molar-refractivity contribution is -0.386. The first-order chi connectivity index (χ1) is 13.3. The number of rotatable bonds is 7. The predicted molar refractivity (Wildman–Crippen MR) is 95.8 cm³/mol. The van der Waals surface area contributed by atoms with Gasteiger partial charge >= 0.3 is 5.69 Å². The van der Waals surface area contributed by atoms with Crippen LogP contribution >= 0.6 is 0 Å². The topological polar surface area (TPSA) is 143 Å². The predicted octanol–water partition coefficient (Wildman–Crippen LogP) is 1.33. The van der Waals surface area contributed by atoms with Crippen molar-refractivity contribution in [3.8, 4) is 11.5 Å². The Balaban J connectivity index is 1.98. The van der Waals surface area contributed by atoms with Crippen molar-refractivity contribution in [2.24, 2.45) is 5.10 Å². The fourth-order valence-corrected chi connectivity index (χ4v) is 2.18. The summed E-state index contributed by atoms with van der Waals surface area (Å²) in [4.78, 5) is 33.9. The minimum Gasteiger partial charge on any atom is -0.504 e. The maximum absolute atomic E-state index is 13.1. The van der Waals surface area contributed by atoms with Crippen LogP contribution in [0.4, 0.5) is 10.1 Å². The zero-order valence-electron chi connectivity index (χ0n) is 14.5. The number of nitrogens with one attached hydrogen (secondary N) is 2. The number of aromatic hydroxyl groups is 1. The van der Waals surface area contributed by atoms with Gasteiger partial charge in [0.2, 0.25) is 5.75 Å². The number of benzene rings is 2. The molecule has 2 amide bonds. The van der Waals surface area contributed by atoms with Gasteiger partial charge in [0.1, 0.15) is 5.82 Å². The van der Waals surface area contributed by atoms with Crippen molar-refractivity contribution >= 4 is 23.7 Å². The van der Waals surface area contributed by atoms with E-state index in [0.717, 1.165) is 19.4 Å². The summed E-state index contributed by atoms with van der Waals surface area (Å²) in [6.07, 6.45) is 0.992. The molecule has 0 bridgehead atoms. The molecular weight excluding hydrogens is 375 g/mol. The molecule has 0 radical (unpaired) electrons. The van der Waals surface area contributed by atoms with E-state index >= 15 is 0 Å². The van der Waals surface area contributed by atoms with E-state index in [-0.39, 0.29) is 16.9 Å². The maximum Gasteiger partial charge on any atom is 0.323 e. The van der Waals surface area contributed by atoms with E-state index in [9.17, 15) is 29.2 Å². The Morgan fingerprint density at radius 3 is 2.75 bits per heavy atom. The molecule has 2 aromatic carbocycles. The number of carbonyl (C=O) groups excluding carboxylic acids is 2. The van der Waals surface area contributed by atoms with Crippen LogP contribution in [0.25, 0.3) is 0 Å². The molecule has 2 aromatic rings. The third-order valence-electron chi connectivity index (χ3n) is 3.42. The van der Waals surface area contributed by atoms with Crippen molar-refractivity contribution in [3.63, 3.8) is 0 Å². The number of amides is 2. The van der Waals surface area contributed by atoms with Crippen LogP contribution in [-0.2, 0) is 4.79 Å². The van der Waals surface area contributed by atoms with E-state index in [2.05, 4.69) is 15.8 Å². The van der Waals surface area contributed by atoms with Crippen molar-refractivity contribution < 1.29 is 28.7 Å². The zero-order chi connectivity index (χ0) is 20.7. The molecule has 0 aliphatic heterocycles. The largest absolute Gasteiger partial charge is 0.504 e. The van der Waals surface area contributed by atoms with E-state index < -0.39 is 40.5 Å². The Morgan fingerprint density at radius 1 is 1.36 bits per heavy atom. The van der Waals surface area contributed by atoms with Crippen LogP contribution in [0.15, 0.2) is 41.5 Å². The average molecular weight is 390 g/mol. The van der Waals surface area contributed by atoms with Gasteiger partial charge in [-0.05, 0) is 30.3 Å². The number of nitro groups is 1. The number of halogens is 1. The second kappa shape index (κ2) is 9.07. The summed E-state index contributed by atoms with van der Waals surface area (Å²) >= 11 is 0. The van der Waals surface area contributed by atoms with Crippen LogP contribution in [0.1, 0.15) is 15.9 Å². The highest BCUT2D eigenvalue weighted by molar-refractivity contribution is 5.96. The first kappa shape index (κ1) is 20.3. The Bertz CT molecular complexity index is 947. The summed E-state index contributed by atoms with van der Waals surface area (Å²) in [5.41, 5.74) is 1.58. The number of ether oxygens (including phenoxy) is 1. The molecule has 0 spiro atoms. The number of hydrogen-bond donors (Lipinski definition) is 3. The number of nitro benzene ring substituents is 1. The highest BCUT2D eigenvalue weighted by atomic mass is 19.1. The molecular formula is C17H15FN4O6. The molecule has 0 saturated heterocycles. The van der Waals surface area contributed by atoms with Crippen LogP contribution < -0.4 is 15.5 Å². The van der Waals surface area contributed by atoms with Crippen LogP contribution in [0.3, 0.4) is 0 Å². The first-order valence-corrected chi connectivity index (χ1v) is 7.73. The summed E-state index contributed by atoms with van der Waals surface area (Å²) in [6.45, 7) is -0.451. The molecule has 146 valence electrons. The van der Waals surface area contributed by atoms with Gasteiger partial charge in [0.25, 0.3) is 11.8 Å². The summed E-state index contributed by atoms with van der Waals surface area (Å²) in [6, 6.07) is 7.32. The molecule has 0 saturated carbocycles. The smallest absolute Gasteiger partial charge is 0.323 e. The molecule has 10 nitrogen and oxygen atoms in total. The summed E-state index contributed by atoms with van der Waals surface area (Å²) < 4.78 is 17.9. The molecule has 11 heteroatoms. The minimum atomic E-state index is -0.763. The third kappa shape index (κ3) is 5.00. The lowest BCUT2D eigenvalue weighted by atomic mass is 10.1. The molecule has 28 heavy (non-hydrogen) atoms. The number of nitrogens with zero attached hydrogens (tertiary/aromatic N) is 2. The molecule has 0 heterocycles. The van der Waals surface area contributed by atoms with Crippen LogP contribution in [-0.4, -0.2) is 41.7 Å². The Hall–Kier alpha value is -4.02. The molecule has 0 unspecified atom stereocenters. The van der Waals surface area contributed by atoms with Gasteiger partial charge in [-0.2, -0.15) is 5.10 Å². The van der Waals surface area contributed by atoms with Crippen molar-refractivity contribution in [2.45, 2.75) is 0 Å². The van der Waals surface area contributed by atoms with Crippen molar-refractivity contribution in [3.05, 3.63) is 63.5 Å². The van der Waals surface area contributed by atoms with Crippen molar-refractivity contribution in [1.82, 2.24) is 10.7 Å². The maximum atomic E-state index is 13.1. The average Bonchev–Trinajstić information content (AvgIpc) is 2.66. The molecule has 0 aliphatic rings. The van der Waals surface area contributed by atoms with Gasteiger partial charge in [-0.3, -0.25) is 19.7 Å². The Labute approximate surface area is 157 Å². The second-order valence-corrected chi connectivity index (χ2v) is 5.30. The molecule has 0 atom stereocenters. The van der Waals surface area contributed by atoms with Gasteiger partial charge in [-0.1, -0.05) is 6.07 Å². The summed E-state index contributed by atoms with van der Waals surface area (Å²) in [5, 5.41) is 26.6. The monoisotopic (exact) mass is 390 g/mol. The first-order valence-electron chi connectivity index (χ1n) is 7.73. The third-order valence-corrected chi connectivity index (χ3v) is 3.42. The van der Waals surface area contributed by atoms with Gasteiger partial charge in [-0.15, -0.1) is 0 Å². The van der Waals surface area contributed by atoms with Crippen molar-refractivity contribution in [2.75, 3.05) is 13.7 Å². The fourth-order valence-electron chi connectivity index (χ4n) is 2.18. The van der Waals surface area contributed by atoms with E-state index in [1.807, 2.05) is 0 Å². The number of phenols is 1. The van der Waals surface area contributed by atoms with E-state index in [4.69, 9.17) is 4.74 Å². The quantitative estimate of drug-likeness (QED) is 0.370. The van der Waals surface area contributed by atoms with Gasteiger partial charge in [-0.25, -0.2) is 9.82 Å². The molecule has 2 rings (SSSR count). The van der Waals surface area contributed by atoms with E-state index in [1.54, 1.807) is 0 Å². The Morgan fingerprint density at radius 2 is 2.11 bits per heavy atom. The SMILES string of the molecule is COc1c(O)ccc(/C=N\NC(=O)CNC(=O)c2cccc(F)c2)c1[N+](=O)[O-]. The summed E-state index contributed by atoms with van der Waals surface area (Å²) in [5.74, 6) is -2.72. The zero-order valence-corrected chi connectivity index (χ0v) is 14.5. The van der Waals surface area contributed by atoms with Gasteiger partial charge in [0, 0.05) is 5.56 Å². The van der Waals surface area contributed by atoms with Gasteiger partial charge < -0.3 is 15.2 Å². The number of phenolic OH excluding ortho intramolecular Hbond substituents is 1. The standard InChI is InChI=1S/C17H15FN4O6/c1-28-16-13(23)6-5-11(15(16)22(26)27)8-20-21-14(24)9-19-17(25)10-3-2-4-12(18)7-10/h2-8,23H,9H2,1H3,(H,19,25)(H,21,24)/b20-8-.